The molecule has 0 unspecified atom stereocenters. The SMILES string of the molecule is Brc1ccc(CCc2ccc(Br)s2)s1. The zero-order valence-electron chi connectivity index (χ0n) is 7.30. The van der Waals surface area contributed by atoms with E-state index in [2.05, 4.69) is 56.1 Å². The van der Waals surface area contributed by atoms with Crippen LogP contribution in [0, 0.1) is 0 Å². The monoisotopic (exact) mass is 350 g/mol. The van der Waals surface area contributed by atoms with E-state index in [1.54, 1.807) is 0 Å². The van der Waals surface area contributed by atoms with Crippen LogP contribution < -0.4 is 0 Å². The van der Waals surface area contributed by atoms with Gasteiger partial charge < -0.3 is 0 Å². The second kappa shape index (κ2) is 4.92. The van der Waals surface area contributed by atoms with Gasteiger partial charge in [0.15, 0.2) is 0 Å². The van der Waals surface area contributed by atoms with E-state index in [-0.39, 0.29) is 0 Å². The molecule has 0 atom stereocenters. The Labute approximate surface area is 108 Å². The van der Waals surface area contributed by atoms with Crippen LogP contribution in [0.5, 0.6) is 0 Å². The molecule has 0 spiro atoms. The summed E-state index contributed by atoms with van der Waals surface area (Å²) in [6.45, 7) is 0. The highest BCUT2D eigenvalue weighted by Crippen LogP contribution is 2.26. The molecule has 0 radical (unpaired) electrons. The molecule has 0 bridgehead atoms. The van der Waals surface area contributed by atoms with Gasteiger partial charge in [0.25, 0.3) is 0 Å². The molecule has 0 N–H and O–H groups in total. The summed E-state index contributed by atoms with van der Waals surface area (Å²) in [5, 5.41) is 0. The maximum Gasteiger partial charge on any atom is 0.0701 e. The minimum Gasteiger partial charge on any atom is -0.133 e. The van der Waals surface area contributed by atoms with E-state index >= 15 is 0 Å². The standard InChI is InChI=1S/C10H8Br2S2/c11-9-5-3-7(13-9)1-2-8-4-6-10(12)14-8/h3-6H,1-2H2. The highest BCUT2D eigenvalue weighted by molar-refractivity contribution is 9.11. The van der Waals surface area contributed by atoms with Gasteiger partial charge in [0.2, 0.25) is 0 Å². The Morgan fingerprint density at radius 3 is 1.50 bits per heavy atom. The van der Waals surface area contributed by atoms with Crippen LogP contribution in [-0.2, 0) is 12.8 Å². The van der Waals surface area contributed by atoms with Crippen molar-refractivity contribution in [3.63, 3.8) is 0 Å². The van der Waals surface area contributed by atoms with Crippen LogP contribution in [-0.4, -0.2) is 0 Å². The topological polar surface area (TPSA) is 0 Å². The van der Waals surface area contributed by atoms with Gasteiger partial charge in [0.05, 0.1) is 7.57 Å². The highest BCUT2D eigenvalue weighted by Gasteiger charge is 2.01. The largest absolute Gasteiger partial charge is 0.133 e. The van der Waals surface area contributed by atoms with E-state index in [0.717, 1.165) is 12.8 Å². The smallest absolute Gasteiger partial charge is 0.0701 e. The van der Waals surface area contributed by atoms with Crippen LogP contribution >= 0.6 is 54.5 Å². The first-order valence-electron chi connectivity index (χ1n) is 4.22. The first-order chi connectivity index (χ1) is 6.74. The van der Waals surface area contributed by atoms with Crippen molar-refractivity contribution in [2.75, 3.05) is 0 Å². The molecule has 2 aromatic heterocycles. The minimum absolute atomic E-state index is 1.14. The summed E-state index contributed by atoms with van der Waals surface area (Å²) in [5.74, 6) is 0. The fourth-order valence-corrected chi connectivity index (χ4v) is 4.18. The zero-order valence-corrected chi connectivity index (χ0v) is 12.1. The van der Waals surface area contributed by atoms with Crippen molar-refractivity contribution >= 4 is 54.5 Å². The first kappa shape index (κ1) is 10.9. The predicted molar refractivity (Wildman–Crippen MR) is 71.4 cm³/mol. The molecule has 74 valence electrons. The molecule has 0 fully saturated rings. The molecule has 0 aromatic carbocycles. The summed E-state index contributed by atoms with van der Waals surface area (Å²) >= 11 is 10.6. The van der Waals surface area contributed by atoms with Gasteiger partial charge in [-0.15, -0.1) is 22.7 Å². The number of thiophene rings is 2. The Hall–Kier alpha value is 0.360. The number of aryl methyl sites for hydroxylation is 2. The molecule has 2 aromatic rings. The van der Waals surface area contributed by atoms with E-state index in [1.807, 2.05) is 22.7 Å². The van der Waals surface area contributed by atoms with Crippen LogP contribution in [0.1, 0.15) is 9.75 Å². The van der Waals surface area contributed by atoms with Crippen molar-refractivity contribution in [3.05, 3.63) is 41.6 Å². The maximum atomic E-state index is 3.48. The molecule has 4 heteroatoms. The summed E-state index contributed by atoms with van der Waals surface area (Å²) in [5.41, 5.74) is 0. The second-order valence-electron chi connectivity index (χ2n) is 2.91. The minimum atomic E-state index is 1.14. The van der Waals surface area contributed by atoms with Gasteiger partial charge in [-0.1, -0.05) is 0 Å². The van der Waals surface area contributed by atoms with E-state index in [1.165, 1.54) is 17.3 Å². The van der Waals surface area contributed by atoms with Crippen molar-refractivity contribution in [2.45, 2.75) is 12.8 Å². The number of hydrogen-bond donors (Lipinski definition) is 0. The van der Waals surface area contributed by atoms with Gasteiger partial charge >= 0.3 is 0 Å². The van der Waals surface area contributed by atoms with Crippen LogP contribution in [0.3, 0.4) is 0 Å². The lowest BCUT2D eigenvalue weighted by atomic mass is 10.2. The molecular formula is C10H8Br2S2. The third-order valence-electron chi connectivity index (χ3n) is 1.88. The first-order valence-corrected chi connectivity index (χ1v) is 7.44. The second-order valence-corrected chi connectivity index (χ2v) is 8.01. The van der Waals surface area contributed by atoms with Gasteiger partial charge in [-0.2, -0.15) is 0 Å². The molecule has 0 aliphatic heterocycles. The molecular weight excluding hydrogens is 344 g/mol. The van der Waals surface area contributed by atoms with Crippen molar-refractivity contribution in [3.8, 4) is 0 Å². The number of halogens is 2. The van der Waals surface area contributed by atoms with Crippen molar-refractivity contribution in [2.24, 2.45) is 0 Å². The summed E-state index contributed by atoms with van der Waals surface area (Å²) < 4.78 is 2.44. The normalized spacial score (nSPS) is 10.7. The Balaban J connectivity index is 1.94. The van der Waals surface area contributed by atoms with E-state index in [9.17, 15) is 0 Å². The van der Waals surface area contributed by atoms with E-state index in [4.69, 9.17) is 0 Å². The zero-order chi connectivity index (χ0) is 9.97. The Morgan fingerprint density at radius 1 is 0.786 bits per heavy atom. The average molecular weight is 352 g/mol. The molecule has 2 heterocycles. The molecule has 0 aliphatic rings. The summed E-state index contributed by atoms with van der Waals surface area (Å²) in [6.07, 6.45) is 2.28. The van der Waals surface area contributed by atoms with Gasteiger partial charge in [0, 0.05) is 9.75 Å². The quantitative estimate of drug-likeness (QED) is 0.719. The van der Waals surface area contributed by atoms with Crippen LogP contribution in [0.15, 0.2) is 31.8 Å². The molecule has 0 nitrogen and oxygen atoms in total. The van der Waals surface area contributed by atoms with E-state index < -0.39 is 0 Å². The lowest BCUT2D eigenvalue weighted by Crippen LogP contribution is -1.83. The fourth-order valence-electron chi connectivity index (χ4n) is 1.22. The molecule has 0 saturated carbocycles. The third kappa shape index (κ3) is 2.92. The van der Waals surface area contributed by atoms with Gasteiger partial charge in [-0.3, -0.25) is 0 Å². The summed E-state index contributed by atoms with van der Waals surface area (Å²) in [4.78, 5) is 2.89. The van der Waals surface area contributed by atoms with Crippen LogP contribution in [0.25, 0.3) is 0 Å². The Kier molecular flexibility index (Phi) is 3.82. The molecule has 0 aliphatic carbocycles. The van der Waals surface area contributed by atoms with Gasteiger partial charge in [0.1, 0.15) is 0 Å². The third-order valence-corrected chi connectivity index (χ3v) is 5.24. The molecule has 0 amide bonds. The molecule has 0 saturated heterocycles. The lowest BCUT2D eigenvalue weighted by molar-refractivity contribution is 1.00. The van der Waals surface area contributed by atoms with Crippen LogP contribution in [0.4, 0.5) is 0 Å². The van der Waals surface area contributed by atoms with Crippen molar-refractivity contribution in [1.82, 2.24) is 0 Å². The maximum absolute atomic E-state index is 3.48. The van der Waals surface area contributed by atoms with Crippen molar-refractivity contribution in [1.29, 1.82) is 0 Å². The molecule has 14 heavy (non-hydrogen) atoms. The lowest BCUT2D eigenvalue weighted by Gasteiger charge is -1.93. The van der Waals surface area contributed by atoms with Gasteiger partial charge in [-0.05, 0) is 69.0 Å². The van der Waals surface area contributed by atoms with E-state index in [0.29, 0.717) is 0 Å². The average Bonchev–Trinajstić information content (AvgIpc) is 2.72. The summed E-state index contributed by atoms with van der Waals surface area (Å²) in [6, 6.07) is 8.61. The van der Waals surface area contributed by atoms with Crippen molar-refractivity contribution < 1.29 is 0 Å². The Bertz CT molecular complexity index is 377. The number of hydrogen-bond acceptors (Lipinski definition) is 2. The predicted octanol–water partition coefficient (Wildman–Crippen LogP) is 5.12. The molecule has 2 rings (SSSR count). The fraction of sp³-hybridized carbons (Fsp3) is 0.200. The highest BCUT2D eigenvalue weighted by atomic mass is 79.9. The summed E-state index contributed by atoms with van der Waals surface area (Å²) in [7, 11) is 0. The van der Waals surface area contributed by atoms with Gasteiger partial charge in [-0.25, -0.2) is 0 Å². The number of rotatable bonds is 3. The Morgan fingerprint density at radius 2 is 1.21 bits per heavy atom. The van der Waals surface area contributed by atoms with Crippen LogP contribution in [0.2, 0.25) is 0 Å².